The number of rotatable bonds is 12. The summed E-state index contributed by atoms with van der Waals surface area (Å²) in [6, 6.07) is 10.2. The minimum absolute atomic E-state index is 0.0556. The van der Waals surface area contributed by atoms with Crippen molar-refractivity contribution < 1.29 is 18.3 Å². The third-order valence-electron chi connectivity index (χ3n) is 6.16. The molecular weight excluding hydrogens is 506 g/mol. The number of unbranched alkanes of at least 4 members (excludes halogenated alkanes) is 4. The number of aryl methyl sites for hydroxylation is 2. The predicted octanol–water partition coefficient (Wildman–Crippen LogP) is 4.81. The Kier molecular flexibility index (Phi) is 8.35. The molecule has 0 aliphatic heterocycles. The van der Waals surface area contributed by atoms with Crippen molar-refractivity contribution >= 4 is 21.2 Å². The van der Waals surface area contributed by atoms with Crippen LogP contribution in [0.3, 0.4) is 0 Å². The summed E-state index contributed by atoms with van der Waals surface area (Å²) in [7, 11) is -4.02. The number of aromatic amines is 1. The number of benzene rings is 2. The minimum Gasteiger partial charge on any atom is -0.508 e. The summed E-state index contributed by atoms with van der Waals surface area (Å²) >= 11 is 0. The van der Waals surface area contributed by atoms with Crippen LogP contribution in [0, 0.1) is 6.92 Å². The second-order valence-corrected chi connectivity index (χ2v) is 10.8. The molecule has 0 aliphatic carbocycles. The molecule has 10 nitrogen and oxygen atoms in total. The molecule has 202 valence electrons. The monoisotopic (exact) mass is 539 g/mol. The Labute approximate surface area is 221 Å². The molecule has 2 heterocycles. The molecule has 0 saturated heterocycles. The van der Waals surface area contributed by atoms with Gasteiger partial charge in [0.2, 0.25) is 0 Å². The third-order valence-corrected chi connectivity index (χ3v) is 7.54. The standard InChI is InChI=1S/C27H33N5O5S/c1-4-6-7-8-9-13-24-28-18(3)25-27(34)29-26(30-32(24)25)22-17-21(14-15-23(22)37-5-2)38(35,36)31-19-11-10-12-20(33)16-19/h10-12,14-17,31,33H,4-9,13H2,1-3H3,(H,29,30,34). The van der Waals surface area contributed by atoms with Gasteiger partial charge in [0.25, 0.3) is 15.6 Å². The van der Waals surface area contributed by atoms with Gasteiger partial charge >= 0.3 is 0 Å². The van der Waals surface area contributed by atoms with E-state index < -0.39 is 10.0 Å². The highest BCUT2D eigenvalue weighted by Crippen LogP contribution is 2.31. The first-order valence-electron chi connectivity index (χ1n) is 12.8. The lowest BCUT2D eigenvalue weighted by molar-refractivity contribution is 0.341. The van der Waals surface area contributed by atoms with E-state index in [-0.39, 0.29) is 27.7 Å². The first kappa shape index (κ1) is 27.2. The fourth-order valence-electron chi connectivity index (χ4n) is 4.33. The average molecular weight is 540 g/mol. The number of sulfonamides is 1. The summed E-state index contributed by atoms with van der Waals surface area (Å²) in [6.45, 7) is 6.09. The maximum atomic E-state index is 13.2. The molecule has 38 heavy (non-hydrogen) atoms. The summed E-state index contributed by atoms with van der Waals surface area (Å²) in [4.78, 5) is 20.4. The van der Waals surface area contributed by atoms with Crippen LogP contribution >= 0.6 is 0 Å². The Bertz CT molecular complexity index is 1590. The molecule has 0 atom stereocenters. The summed E-state index contributed by atoms with van der Waals surface area (Å²) in [5.74, 6) is 1.17. The van der Waals surface area contributed by atoms with E-state index in [1.807, 2.05) is 6.92 Å². The van der Waals surface area contributed by atoms with E-state index in [0.29, 0.717) is 41.4 Å². The van der Waals surface area contributed by atoms with E-state index in [0.717, 1.165) is 25.7 Å². The van der Waals surface area contributed by atoms with Crippen LogP contribution in [0.5, 0.6) is 11.5 Å². The van der Waals surface area contributed by atoms with Gasteiger partial charge in [-0.2, -0.15) is 0 Å². The molecule has 0 aliphatic rings. The van der Waals surface area contributed by atoms with Crippen molar-refractivity contribution in [1.29, 1.82) is 0 Å². The van der Waals surface area contributed by atoms with Crippen LogP contribution in [0.4, 0.5) is 5.69 Å². The highest BCUT2D eigenvalue weighted by molar-refractivity contribution is 7.92. The average Bonchev–Trinajstić information content (AvgIpc) is 3.19. The van der Waals surface area contributed by atoms with Crippen molar-refractivity contribution in [3.63, 3.8) is 0 Å². The number of aromatic nitrogens is 4. The van der Waals surface area contributed by atoms with Crippen molar-refractivity contribution in [3.8, 4) is 22.9 Å². The number of imidazole rings is 1. The lowest BCUT2D eigenvalue weighted by atomic mass is 10.1. The van der Waals surface area contributed by atoms with Crippen LogP contribution in [0.15, 0.2) is 52.2 Å². The number of nitrogens with one attached hydrogen (secondary N) is 2. The second-order valence-electron chi connectivity index (χ2n) is 9.09. The molecule has 0 fully saturated rings. The molecule has 4 aromatic rings. The van der Waals surface area contributed by atoms with Crippen LogP contribution in [0.1, 0.15) is 57.5 Å². The number of hydrogen-bond donors (Lipinski definition) is 3. The van der Waals surface area contributed by atoms with Gasteiger partial charge in [0.15, 0.2) is 11.3 Å². The summed E-state index contributed by atoms with van der Waals surface area (Å²) in [6.07, 6.45) is 6.16. The van der Waals surface area contributed by atoms with Crippen molar-refractivity contribution in [1.82, 2.24) is 19.6 Å². The van der Waals surface area contributed by atoms with Gasteiger partial charge in [-0.25, -0.2) is 17.9 Å². The van der Waals surface area contributed by atoms with Gasteiger partial charge in [-0.1, -0.05) is 38.7 Å². The van der Waals surface area contributed by atoms with Crippen LogP contribution < -0.4 is 15.0 Å². The van der Waals surface area contributed by atoms with E-state index >= 15 is 0 Å². The van der Waals surface area contributed by atoms with E-state index in [4.69, 9.17) is 4.74 Å². The number of ether oxygens (including phenoxy) is 1. The van der Waals surface area contributed by atoms with Gasteiger partial charge in [-0.05, 0) is 50.6 Å². The molecule has 2 aromatic heterocycles. The van der Waals surface area contributed by atoms with E-state index in [1.165, 1.54) is 48.9 Å². The molecule has 2 aromatic carbocycles. The molecule has 0 unspecified atom stereocenters. The number of hydrogen-bond acceptors (Lipinski definition) is 7. The zero-order valence-electron chi connectivity index (χ0n) is 21.8. The number of anilines is 1. The fourth-order valence-corrected chi connectivity index (χ4v) is 5.41. The normalized spacial score (nSPS) is 11.7. The molecule has 4 rings (SSSR count). The Morgan fingerprint density at radius 1 is 1.08 bits per heavy atom. The number of nitrogens with zero attached hydrogens (tertiary/aromatic N) is 3. The molecular formula is C27H33N5O5S. The zero-order chi connectivity index (χ0) is 27.3. The van der Waals surface area contributed by atoms with Crippen molar-refractivity contribution in [2.75, 3.05) is 11.3 Å². The Morgan fingerprint density at radius 3 is 2.61 bits per heavy atom. The van der Waals surface area contributed by atoms with Gasteiger partial charge in [-0.15, -0.1) is 5.10 Å². The fraction of sp³-hybridized carbons (Fsp3) is 0.370. The molecule has 0 radical (unpaired) electrons. The van der Waals surface area contributed by atoms with Crippen molar-refractivity contribution in [3.05, 3.63) is 64.3 Å². The SMILES string of the molecule is CCCCCCCc1nc(C)c2c(=O)[nH]c(-c3cc(S(=O)(=O)Nc4cccc(O)c4)ccc3OCC)nn12. The summed E-state index contributed by atoms with van der Waals surface area (Å²) < 4.78 is 36.1. The Morgan fingerprint density at radius 2 is 1.87 bits per heavy atom. The van der Waals surface area contributed by atoms with Gasteiger partial charge in [0.1, 0.15) is 17.3 Å². The van der Waals surface area contributed by atoms with Gasteiger partial charge < -0.3 is 14.8 Å². The van der Waals surface area contributed by atoms with E-state index in [1.54, 1.807) is 11.4 Å². The molecule has 0 bridgehead atoms. The number of fused-ring (bicyclic) bond motifs is 1. The molecule has 0 amide bonds. The lowest BCUT2D eigenvalue weighted by Gasteiger charge is -2.13. The minimum atomic E-state index is -4.02. The van der Waals surface area contributed by atoms with Crippen molar-refractivity contribution in [2.45, 2.75) is 64.2 Å². The van der Waals surface area contributed by atoms with Gasteiger partial charge in [0.05, 0.1) is 28.4 Å². The number of phenols is 1. The quantitative estimate of drug-likeness (QED) is 0.220. The first-order valence-corrected chi connectivity index (χ1v) is 14.3. The topological polar surface area (TPSA) is 139 Å². The number of phenolic OH excluding ortho intramolecular Hbond substituents is 1. The van der Waals surface area contributed by atoms with Crippen molar-refractivity contribution in [2.24, 2.45) is 0 Å². The third kappa shape index (κ3) is 5.99. The van der Waals surface area contributed by atoms with Crippen LogP contribution in [-0.2, 0) is 16.4 Å². The number of H-pyrrole nitrogens is 1. The lowest BCUT2D eigenvalue weighted by Crippen LogP contribution is -2.17. The molecule has 3 N–H and O–H groups in total. The first-order chi connectivity index (χ1) is 18.2. The highest BCUT2D eigenvalue weighted by atomic mass is 32.2. The summed E-state index contributed by atoms with van der Waals surface area (Å²) in [5.41, 5.74) is 1.12. The predicted molar refractivity (Wildman–Crippen MR) is 146 cm³/mol. The molecule has 0 spiro atoms. The number of aromatic hydroxyl groups is 1. The molecule has 0 saturated carbocycles. The maximum Gasteiger partial charge on any atom is 0.277 e. The van der Waals surface area contributed by atoms with Crippen LogP contribution in [0.25, 0.3) is 16.9 Å². The maximum absolute atomic E-state index is 13.2. The second kappa shape index (κ2) is 11.7. The van der Waals surface area contributed by atoms with Gasteiger partial charge in [-0.3, -0.25) is 9.52 Å². The van der Waals surface area contributed by atoms with Gasteiger partial charge in [0, 0.05) is 12.5 Å². The van der Waals surface area contributed by atoms with E-state index in [2.05, 4.69) is 26.7 Å². The molecule has 11 heteroatoms. The summed E-state index contributed by atoms with van der Waals surface area (Å²) in [5, 5.41) is 14.4. The Hall–Kier alpha value is -3.86. The van der Waals surface area contributed by atoms with Crippen LogP contribution in [-0.4, -0.2) is 39.7 Å². The van der Waals surface area contributed by atoms with Crippen LogP contribution in [0.2, 0.25) is 0 Å². The largest absolute Gasteiger partial charge is 0.508 e. The zero-order valence-corrected chi connectivity index (χ0v) is 22.6. The highest BCUT2D eigenvalue weighted by Gasteiger charge is 2.21. The Balaban J connectivity index is 1.75. The smallest absolute Gasteiger partial charge is 0.277 e. The van der Waals surface area contributed by atoms with E-state index in [9.17, 15) is 18.3 Å².